The number of alkyl halides is 3. The first kappa shape index (κ1) is 54.4. The van der Waals surface area contributed by atoms with Gasteiger partial charge < -0.3 is 39.0 Å². The number of halogens is 3. The van der Waals surface area contributed by atoms with Crippen LogP contribution < -0.4 is 10.7 Å². The number of amides is 5. The number of hydrazine groups is 1. The van der Waals surface area contributed by atoms with Gasteiger partial charge in [0.1, 0.15) is 30.8 Å². The molecule has 17 nitrogen and oxygen atoms in total. The largest absolute Gasteiger partial charge is 0.464 e. The summed E-state index contributed by atoms with van der Waals surface area (Å²) in [6, 6.07) is 10.5. The van der Waals surface area contributed by atoms with Crippen LogP contribution in [0.15, 0.2) is 66.9 Å². The Balaban J connectivity index is 1.02. The topological polar surface area (TPSA) is 175 Å². The van der Waals surface area contributed by atoms with E-state index in [1.54, 1.807) is 66.7 Å². The molecule has 76 heavy (non-hydrogen) atoms. The van der Waals surface area contributed by atoms with Crippen molar-refractivity contribution in [1.29, 1.82) is 0 Å². The van der Waals surface area contributed by atoms with Crippen LogP contribution in [0.3, 0.4) is 0 Å². The van der Waals surface area contributed by atoms with Gasteiger partial charge in [0.2, 0.25) is 11.8 Å². The maximum atomic E-state index is 14.9. The summed E-state index contributed by atoms with van der Waals surface area (Å²) < 4.78 is 57.7. The lowest BCUT2D eigenvalue weighted by atomic mass is 9.67. The fourth-order valence-corrected chi connectivity index (χ4v) is 12.3. The van der Waals surface area contributed by atoms with Gasteiger partial charge in [-0.15, -0.1) is 0 Å². The molecule has 3 aromatic heterocycles. The molecule has 20 heteroatoms. The minimum atomic E-state index is -4.59. The molecule has 3 saturated heterocycles. The number of nitrogens with one attached hydrogen (secondary N) is 2. The first-order valence-corrected chi connectivity index (χ1v) is 26.4. The number of benzene rings is 1. The molecule has 1 unspecified atom stereocenters. The van der Waals surface area contributed by atoms with Crippen molar-refractivity contribution in [1.82, 2.24) is 49.9 Å². The number of pyridine rings is 2. The van der Waals surface area contributed by atoms with Crippen LogP contribution in [-0.2, 0) is 41.6 Å². The molecule has 5 aliphatic rings. The summed E-state index contributed by atoms with van der Waals surface area (Å²) in [6.45, 7) is 9.16. The number of piperidine rings is 1. The average molecular weight is 1050 g/mol. The van der Waals surface area contributed by atoms with Crippen molar-refractivity contribution < 1.29 is 46.6 Å². The van der Waals surface area contributed by atoms with Gasteiger partial charge >= 0.3 is 18.2 Å². The summed E-state index contributed by atoms with van der Waals surface area (Å²) >= 11 is 0. The lowest BCUT2D eigenvalue weighted by Crippen LogP contribution is -2.62. The van der Waals surface area contributed by atoms with E-state index < -0.39 is 66.1 Å². The molecular formula is C56H71F3N10O7. The molecular weight excluding hydrogens is 982 g/mol. The molecule has 9 rings (SSSR count). The van der Waals surface area contributed by atoms with Crippen molar-refractivity contribution in [2.24, 2.45) is 16.7 Å². The number of likely N-dealkylation sites (tertiary alicyclic amines) is 2. The molecule has 3 fully saturated rings. The van der Waals surface area contributed by atoms with Gasteiger partial charge in [0, 0.05) is 111 Å². The van der Waals surface area contributed by atoms with Crippen molar-refractivity contribution in [3.8, 4) is 22.5 Å². The second kappa shape index (κ2) is 21.6. The van der Waals surface area contributed by atoms with Crippen LogP contribution in [0.5, 0.6) is 0 Å². The first-order valence-electron chi connectivity index (χ1n) is 26.4. The number of urea groups is 1. The predicted molar refractivity (Wildman–Crippen MR) is 279 cm³/mol. The SMILES string of the molecule is CO[C@@H]1c2ncccc2-c2c3c4cc(ccc4n2CC(F)(F)F)-c2cccc(n2)C[C@H](NC(=O)[C@H](C(C)C)N(C)C(=O)N2CCC4(CCN(C(=O)/C=C/CN(C)C)C4)CC2)C(=O)N2CCC[C@H](N2)C(=O)OCC(C)(C)C31. The Labute approximate surface area is 442 Å². The molecule has 5 amide bonds. The van der Waals surface area contributed by atoms with Gasteiger partial charge in [-0.1, -0.05) is 45.9 Å². The Hall–Kier alpha value is -6.38. The monoisotopic (exact) mass is 1050 g/mol. The third kappa shape index (κ3) is 10.9. The third-order valence-electron chi connectivity index (χ3n) is 16.2. The number of rotatable bonds is 9. The zero-order chi connectivity index (χ0) is 54.4. The van der Waals surface area contributed by atoms with Crippen LogP contribution in [0.25, 0.3) is 33.4 Å². The predicted octanol–water partition coefficient (Wildman–Crippen LogP) is 6.73. The smallest absolute Gasteiger partial charge is 0.406 e. The number of carbonyl (C=O) groups is 5. The molecule has 6 bridgehead atoms. The van der Waals surface area contributed by atoms with E-state index in [2.05, 4.69) is 15.7 Å². The van der Waals surface area contributed by atoms with Crippen LogP contribution in [0.4, 0.5) is 18.0 Å². The normalized spacial score (nSPS) is 23.0. The number of fused-ring (bicyclic) bond motifs is 8. The molecule has 7 heterocycles. The summed E-state index contributed by atoms with van der Waals surface area (Å²) in [6.07, 6.45) is 2.75. The number of cyclic esters (lactones) is 1. The van der Waals surface area contributed by atoms with Crippen molar-refractivity contribution in [2.45, 2.75) is 109 Å². The Bertz CT molecular complexity index is 2890. The van der Waals surface area contributed by atoms with E-state index >= 15 is 0 Å². The molecule has 5 atom stereocenters. The Morgan fingerprint density at radius 3 is 2.43 bits per heavy atom. The number of carbonyl (C=O) groups excluding carboxylic acids is 5. The zero-order valence-electron chi connectivity index (χ0n) is 44.8. The van der Waals surface area contributed by atoms with E-state index in [-0.39, 0.29) is 42.8 Å². The molecule has 2 N–H and O–H groups in total. The highest BCUT2D eigenvalue weighted by Crippen LogP contribution is 2.57. The van der Waals surface area contributed by atoms with Crippen molar-refractivity contribution in [3.05, 3.63) is 83.8 Å². The third-order valence-corrected chi connectivity index (χ3v) is 16.2. The van der Waals surface area contributed by atoms with Gasteiger partial charge in [-0.2, -0.15) is 13.2 Å². The highest BCUT2D eigenvalue weighted by atomic mass is 19.4. The zero-order valence-corrected chi connectivity index (χ0v) is 44.8. The second-order valence-corrected chi connectivity index (χ2v) is 22.7. The highest BCUT2D eigenvalue weighted by molar-refractivity contribution is 5.97. The number of nitrogens with zero attached hydrogens (tertiary/aromatic N) is 8. The number of likely N-dealkylation sites (N-methyl/N-ethyl adjacent to an activating group) is 2. The number of hydrogen-bond acceptors (Lipinski definition) is 11. The van der Waals surface area contributed by atoms with E-state index in [0.29, 0.717) is 95.9 Å². The summed E-state index contributed by atoms with van der Waals surface area (Å²) in [5.41, 5.74) is 5.84. The molecule has 1 spiro atoms. The quantitative estimate of drug-likeness (QED) is 0.135. The Kier molecular flexibility index (Phi) is 15.4. The van der Waals surface area contributed by atoms with Crippen LogP contribution in [-0.4, -0.2) is 167 Å². The maximum Gasteiger partial charge on any atom is 0.406 e. The minimum Gasteiger partial charge on any atom is -0.464 e. The maximum absolute atomic E-state index is 14.9. The van der Waals surface area contributed by atoms with Gasteiger partial charge in [0.15, 0.2) is 0 Å². The standard InChI is InChI=1S/C56H71F3N10O7/c1-34(2)47(65(7)53(74)66-26-20-55(21-27-66)22-28-67(31-55)43(70)17-12-24-64(5)6)50(71)62-41-30-36-13-9-15-39(61-36)35-18-19-42-38(29-35)44-45(54(3,4)33-76-52(73)40-16-11-25-69(63-40)51(41)72)49(75-8)46-37(14-10-23-60-46)48(44)68(42)32-56(57,58)59/h9-10,12-15,17-19,23,29,34,40-41,45,47,49,63H,11,16,20-22,24-28,30-33H2,1-8H3,(H,62,71)/b17-12+/t40-,41-,45?,47-,49-/m0/s1. The summed E-state index contributed by atoms with van der Waals surface area (Å²) in [7, 11) is 7.03. The molecule has 0 radical (unpaired) electrons. The number of esters is 1. The van der Waals surface area contributed by atoms with E-state index in [0.717, 1.165) is 19.3 Å². The molecule has 1 aromatic carbocycles. The fourth-order valence-electron chi connectivity index (χ4n) is 12.3. The molecule has 0 saturated carbocycles. The van der Waals surface area contributed by atoms with Gasteiger partial charge in [-0.25, -0.2) is 10.2 Å². The van der Waals surface area contributed by atoms with E-state index in [1.165, 1.54) is 21.6 Å². The van der Waals surface area contributed by atoms with Crippen LogP contribution in [0, 0.1) is 16.7 Å². The van der Waals surface area contributed by atoms with Crippen LogP contribution >= 0.6 is 0 Å². The van der Waals surface area contributed by atoms with Crippen molar-refractivity contribution in [2.75, 3.05) is 74.1 Å². The minimum absolute atomic E-state index is 0.00733. The molecule has 4 aromatic rings. The molecule has 1 aliphatic carbocycles. The van der Waals surface area contributed by atoms with Crippen LogP contribution in [0.1, 0.15) is 88.8 Å². The first-order chi connectivity index (χ1) is 36.1. The number of aromatic nitrogens is 3. The summed E-state index contributed by atoms with van der Waals surface area (Å²) in [4.78, 5) is 87.9. The van der Waals surface area contributed by atoms with E-state index in [9.17, 15) is 37.1 Å². The van der Waals surface area contributed by atoms with Crippen LogP contribution in [0.2, 0.25) is 0 Å². The lowest BCUT2D eigenvalue weighted by molar-refractivity contribution is -0.156. The molecule has 4 aliphatic heterocycles. The summed E-state index contributed by atoms with van der Waals surface area (Å²) in [5, 5.41) is 4.89. The Morgan fingerprint density at radius 2 is 1.74 bits per heavy atom. The van der Waals surface area contributed by atoms with Crippen molar-refractivity contribution in [3.63, 3.8) is 0 Å². The number of ether oxygens (including phenoxy) is 2. The second-order valence-electron chi connectivity index (χ2n) is 22.7. The van der Waals surface area contributed by atoms with Gasteiger partial charge in [-0.3, -0.25) is 34.2 Å². The summed E-state index contributed by atoms with van der Waals surface area (Å²) in [5.74, 6) is -2.72. The fraction of sp³-hybridized carbons (Fsp3) is 0.554. The van der Waals surface area contributed by atoms with Gasteiger partial charge in [-0.05, 0) is 99.5 Å². The molecule has 408 valence electrons. The van der Waals surface area contributed by atoms with Gasteiger partial charge in [0.25, 0.3) is 5.91 Å². The number of methoxy groups -OCH3 is 1. The number of hydrogen-bond donors (Lipinski definition) is 2. The van der Waals surface area contributed by atoms with Gasteiger partial charge in [0.05, 0.1) is 23.7 Å². The van der Waals surface area contributed by atoms with Crippen molar-refractivity contribution >= 4 is 40.6 Å². The average Bonchev–Trinajstić information content (AvgIpc) is 3.97. The van der Waals surface area contributed by atoms with E-state index in [1.807, 2.05) is 63.7 Å². The lowest BCUT2D eigenvalue weighted by Gasteiger charge is -2.42. The van der Waals surface area contributed by atoms with E-state index in [4.69, 9.17) is 14.5 Å². The Morgan fingerprint density at radius 1 is 1.00 bits per heavy atom. The highest BCUT2D eigenvalue weighted by Gasteiger charge is 2.49.